The van der Waals surface area contributed by atoms with Gasteiger partial charge in [-0.25, -0.2) is 0 Å². The van der Waals surface area contributed by atoms with Crippen molar-refractivity contribution in [2.24, 2.45) is 5.92 Å². The van der Waals surface area contributed by atoms with Crippen LogP contribution in [0.3, 0.4) is 0 Å². The van der Waals surface area contributed by atoms with Gasteiger partial charge >= 0.3 is 5.97 Å². The molecule has 7 heteroatoms. The van der Waals surface area contributed by atoms with E-state index in [1.54, 1.807) is 12.1 Å². The molecular formula is C14H16N2O5. The number of benzene rings is 1. The molecule has 1 fully saturated rings. The normalized spacial score (nSPS) is 23.6. The van der Waals surface area contributed by atoms with Gasteiger partial charge in [0.2, 0.25) is 0 Å². The van der Waals surface area contributed by atoms with Crippen LogP contribution in [0.5, 0.6) is 5.75 Å². The smallest absolute Gasteiger partial charge is 0.311 e. The van der Waals surface area contributed by atoms with Gasteiger partial charge < -0.3 is 25.2 Å². The number of carbonyl (C=O) groups excluding carboxylic acids is 1. The Morgan fingerprint density at radius 3 is 3.00 bits per heavy atom. The predicted molar refractivity (Wildman–Crippen MR) is 73.6 cm³/mol. The lowest BCUT2D eigenvalue weighted by molar-refractivity contribution is -0.142. The Morgan fingerprint density at radius 2 is 2.19 bits per heavy atom. The van der Waals surface area contributed by atoms with Crippen LogP contribution < -0.4 is 15.4 Å². The third-order valence-corrected chi connectivity index (χ3v) is 3.64. The molecule has 2 aliphatic heterocycles. The van der Waals surface area contributed by atoms with E-state index >= 15 is 0 Å². The van der Waals surface area contributed by atoms with Crippen molar-refractivity contribution < 1.29 is 24.2 Å². The van der Waals surface area contributed by atoms with Crippen LogP contribution >= 0.6 is 0 Å². The van der Waals surface area contributed by atoms with E-state index in [1.807, 2.05) is 6.07 Å². The number of anilines is 1. The molecule has 21 heavy (non-hydrogen) atoms. The van der Waals surface area contributed by atoms with Crippen molar-refractivity contribution in [1.82, 2.24) is 5.32 Å². The summed E-state index contributed by atoms with van der Waals surface area (Å²) in [6.45, 7) is 1.50. The second-order valence-corrected chi connectivity index (χ2v) is 5.02. The standard InChI is InChI=1S/C14H16N2O5/c17-13(16-11-7-20-6-9(11)14(18)19)8-2-1-3-10-12(8)21-5-4-15-10/h1-3,9,11,15H,4-7H2,(H,16,17)(H,18,19). The van der Waals surface area contributed by atoms with Crippen LogP contribution in [0, 0.1) is 5.92 Å². The molecule has 1 aromatic rings. The number of nitrogens with one attached hydrogen (secondary N) is 2. The van der Waals surface area contributed by atoms with E-state index in [0.717, 1.165) is 5.69 Å². The first-order chi connectivity index (χ1) is 10.2. The Hall–Kier alpha value is -2.28. The highest BCUT2D eigenvalue weighted by Gasteiger charge is 2.35. The van der Waals surface area contributed by atoms with Crippen molar-refractivity contribution in [3.8, 4) is 5.75 Å². The summed E-state index contributed by atoms with van der Waals surface area (Å²) in [5.41, 5.74) is 1.17. The van der Waals surface area contributed by atoms with E-state index in [9.17, 15) is 9.59 Å². The molecule has 0 radical (unpaired) electrons. The van der Waals surface area contributed by atoms with E-state index in [1.165, 1.54) is 0 Å². The molecule has 0 spiro atoms. The minimum atomic E-state index is -0.967. The maximum atomic E-state index is 12.4. The topological polar surface area (TPSA) is 96.9 Å². The monoisotopic (exact) mass is 292 g/mol. The lowest BCUT2D eigenvalue weighted by atomic mass is 10.0. The average molecular weight is 292 g/mol. The minimum absolute atomic E-state index is 0.116. The van der Waals surface area contributed by atoms with Crippen LogP contribution in [-0.4, -0.2) is 49.4 Å². The fourth-order valence-corrected chi connectivity index (χ4v) is 2.54. The third kappa shape index (κ3) is 2.64. The molecule has 2 aliphatic rings. The first kappa shape index (κ1) is 13.7. The van der Waals surface area contributed by atoms with Crippen LogP contribution in [0.4, 0.5) is 5.69 Å². The SMILES string of the molecule is O=C(NC1COCC1C(=O)O)c1cccc2c1OCCN2. The molecule has 112 valence electrons. The van der Waals surface area contributed by atoms with Gasteiger partial charge in [-0.3, -0.25) is 9.59 Å². The zero-order valence-electron chi connectivity index (χ0n) is 11.3. The van der Waals surface area contributed by atoms with Crippen LogP contribution in [0.25, 0.3) is 0 Å². The summed E-state index contributed by atoms with van der Waals surface area (Å²) in [7, 11) is 0. The molecular weight excluding hydrogens is 276 g/mol. The van der Waals surface area contributed by atoms with Crippen molar-refractivity contribution >= 4 is 17.6 Å². The van der Waals surface area contributed by atoms with Gasteiger partial charge in [0, 0.05) is 6.54 Å². The van der Waals surface area contributed by atoms with Gasteiger partial charge in [-0.1, -0.05) is 6.07 Å². The van der Waals surface area contributed by atoms with Gasteiger partial charge in [0.05, 0.1) is 30.5 Å². The summed E-state index contributed by atoms with van der Waals surface area (Å²) in [6.07, 6.45) is 0. The molecule has 3 N–H and O–H groups in total. The lowest BCUT2D eigenvalue weighted by Crippen LogP contribution is -2.42. The van der Waals surface area contributed by atoms with Crippen molar-refractivity contribution in [2.45, 2.75) is 6.04 Å². The fraction of sp³-hybridized carbons (Fsp3) is 0.429. The predicted octanol–water partition coefficient (Wildman–Crippen LogP) is 0.320. The second-order valence-electron chi connectivity index (χ2n) is 5.02. The number of carbonyl (C=O) groups is 2. The van der Waals surface area contributed by atoms with Gasteiger partial charge in [-0.2, -0.15) is 0 Å². The molecule has 1 aromatic carbocycles. The third-order valence-electron chi connectivity index (χ3n) is 3.64. The molecule has 3 rings (SSSR count). The largest absolute Gasteiger partial charge is 0.489 e. The number of aliphatic carboxylic acids is 1. The Balaban J connectivity index is 1.78. The van der Waals surface area contributed by atoms with Gasteiger partial charge in [0.25, 0.3) is 5.91 Å². The number of fused-ring (bicyclic) bond motifs is 1. The molecule has 1 amide bonds. The number of para-hydroxylation sites is 1. The van der Waals surface area contributed by atoms with Gasteiger partial charge in [-0.15, -0.1) is 0 Å². The fourth-order valence-electron chi connectivity index (χ4n) is 2.54. The zero-order valence-corrected chi connectivity index (χ0v) is 11.3. The van der Waals surface area contributed by atoms with E-state index in [4.69, 9.17) is 14.6 Å². The zero-order chi connectivity index (χ0) is 14.8. The van der Waals surface area contributed by atoms with Crippen molar-refractivity contribution in [3.63, 3.8) is 0 Å². The maximum Gasteiger partial charge on any atom is 0.311 e. The summed E-state index contributed by atoms with van der Waals surface area (Å²) in [5, 5.41) is 15.0. The summed E-state index contributed by atoms with van der Waals surface area (Å²) in [4.78, 5) is 23.5. The van der Waals surface area contributed by atoms with E-state index in [0.29, 0.717) is 24.5 Å². The molecule has 2 heterocycles. The number of hydrogen-bond acceptors (Lipinski definition) is 5. The average Bonchev–Trinajstić information content (AvgIpc) is 2.95. The Kier molecular flexibility index (Phi) is 3.66. The van der Waals surface area contributed by atoms with Crippen LogP contribution in [0.2, 0.25) is 0 Å². The molecule has 0 saturated carbocycles. The highest BCUT2D eigenvalue weighted by atomic mass is 16.5. The molecule has 0 aliphatic carbocycles. The van der Waals surface area contributed by atoms with E-state index in [2.05, 4.69) is 10.6 Å². The summed E-state index contributed by atoms with van der Waals surface area (Å²) in [6, 6.07) is 4.73. The van der Waals surface area contributed by atoms with Gasteiger partial charge in [-0.05, 0) is 12.1 Å². The number of carboxylic acid groups (broad SMARTS) is 1. The quantitative estimate of drug-likeness (QED) is 0.742. The molecule has 1 saturated heterocycles. The summed E-state index contributed by atoms with van der Waals surface area (Å²) >= 11 is 0. The van der Waals surface area contributed by atoms with E-state index < -0.39 is 17.9 Å². The van der Waals surface area contributed by atoms with Crippen LogP contribution in [-0.2, 0) is 9.53 Å². The van der Waals surface area contributed by atoms with Gasteiger partial charge in [0.15, 0.2) is 5.75 Å². The van der Waals surface area contributed by atoms with Crippen LogP contribution in [0.15, 0.2) is 18.2 Å². The highest BCUT2D eigenvalue weighted by Crippen LogP contribution is 2.31. The minimum Gasteiger partial charge on any atom is -0.489 e. The molecule has 0 bridgehead atoms. The number of ether oxygens (including phenoxy) is 2. The molecule has 7 nitrogen and oxygen atoms in total. The first-order valence-electron chi connectivity index (χ1n) is 6.78. The first-order valence-corrected chi connectivity index (χ1v) is 6.78. The van der Waals surface area contributed by atoms with Crippen molar-refractivity contribution in [2.75, 3.05) is 31.7 Å². The molecule has 2 atom stereocenters. The number of amides is 1. The Morgan fingerprint density at radius 1 is 1.33 bits per heavy atom. The van der Waals surface area contributed by atoms with Crippen molar-refractivity contribution in [1.29, 1.82) is 0 Å². The highest BCUT2D eigenvalue weighted by molar-refractivity contribution is 5.99. The van der Waals surface area contributed by atoms with Crippen molar-refractivity contribution in [3.05, 3.63) is 23.8 Å². The van der Waals surface area contributed by atoms with Crippen LogP contribution in [0.1, 0.15) is 10.4 Å². The lowest BCUT2D eigenvalue weighted by Gasteiger charge is -2.22. The Bertz CT molecular complexity index is 574. The van der Waals surface area contributed by atoms with E-state index in [-0.39, 0.29) is 19.1 Å². The number of rotatable bonds is 3. The number of hydrogen-bond donors (Lipinski definition) is 3. The summed E-state index contributed by atoms with van der Waals surface area (Å²) in [5.74, 6) is -1.53. The number of carboxylic acids is 1. The summed E-state index contributed by atoms with van der Waals surface area (Å²) < 4.78 is 10.7. The Labute approximate surface area is 121 Å². The van der Waals surface area contributed by atoms with Gasteiger partial charge in [0.1, 0.15) is 12.5 Å². The second kappa shape index (κ2) is 5.61. The maximum absolute atomic E-state index is 12.4. The molecule has 0 aromatic heterocycles. The molecule has 2 unspecified atom stereocenters.